The fourth-order valence-corrected chi connectivity index (χ4v) is 1.71. The summed E-state index contributed by atoms with van der Waals surface area (Å²) in [4.78, 5) is 23.1. The van der Waals surface area contributed by atoms with Gasteiger partial charge in [0.15, 0.2) is 11.5 Å². The number of benzene rings is 1. The van der Waals surface area contributed by atoms with Crippen LogP contribution in [0.1, 0.15) is 19.4 Å². The van der Waals surface area contributed by atoms with Crippen LogP contribution >= 0.6 is 0 Å². The molecule has 1 aromatic rings. The van der Waals surface area contributed by atoms with Crippen molar-refractivity contribution in [3.63, 3.8) is 0 Å². The van der Waals surface area contributed by atoms with Gasteiger partial charge < -0.3 is 20.1 Å². The average molecular weight is 292 g/mol. The van der Waals surface area contributed by atoms with E-state index < -0.39 is 0 Å². The van der Waals surface area contributed by atoms with Gasteiger partial charge in [0, 0.05) is 13.5 Å². The second-order valence-corrected chi connectivity index (χ2v) is 4.21. The van der Waals surface area contributed by atoms with Gasteiger partial charge in [-0.2, -0.15) is 0 Å². The average Bonchev–Trinajstić information content (AvgIpc) is 2.46. The zero-order valence-corrected chi connectivity index (χ0v) is 12.6. The third kappa shape index (κ3) is 4.83. The summed E-state index contributed by atoms with van der Waals surface area (Å²) in [6, 6.07) is 5.22. The number of methoxy groups -OCH3 is 2. The molecule has 1 rings (SSSR count). The molecule has 1 aromatic carbocycles. The lowest BCUT2D eigenvalue weighted by atomic mass is 10.1. The molecule has 0 aliphatic rings. The summed E-state index contributed by atoms with van der Waals surface area (Å²) in [5, 5.41) is 5.16. The molecule has 0 unspecified atom stereocenters. The maximum atomic E-state index is 11.9. The van der Waals surface area contributed by atoms with E-state index in [0.29, 0.717) is 23.6 Å². The SMILES string of the molecule is CCNC(=O)C(=Cc1ccc(OC)c(OC)c1)NC(C)=O. The standard InChI is InChI=1S/C15H20N2O4/c1-5-16-15(19)12(17-10(2)18)8-11-6-7-13(20-3)14(9-11)21-4/h6-9H,5H2,1-4H3,(H,16,19)(H,17,18). The molecule has 2 amide bonds. The normalized spacial score (nSPS) is 10.8. The molecule has 0 atom stereocenters. The van der Waals surface area contributed by atoms with Crippen LogP contribution in [-0.4, -0.2) is 32.6 Å². The molecule has 6 heteroatoms. The summed E-state index contributed by atoms with van der Waals surface area (Å²) >= 11 is 0. The minimum Gasteiger partial charge on any atom is -0.493 e. The van der Waals surface area contributed by atoms with E-state index in [4.69, 9.17) is 9.47 Å². The van der Waals surface area contributed by atoms with E-state index >= 15 is 0 Å². The first kappa shape index (κ1) is 16.6. The number of nitrogens with one attached hydrogen (secondary N) is 2. The molecule has 2 N–H and O–H groups in total. The summed E-state index contributed by atoms with van der Waals surface area (Å²) < 4.78 is 10.4. The zero-order chi connectivity index (χ0) is 15.8. The zero-order valence-electron chi connectivity index (χ0n) is 12.6. The molecule has 0 saturated heterocycles. The van der Waals surface area contributed by atoms with Crippen LogP contribution in [0.15, 0.2) is 23.9 Å². The van der Waals surface area contributed by atoms with E-state index in [1.165, 1.54) is 14.0 Å². The summed E-state index contributed by atoms with van der Waals surface area (Å²) in [6.07, 6.45) is 1.58. The van der Waals surface area contributed by atoms with Crippen molar-refractivity contribution in [1.29, 1.82) is 0 Å². The number of rotatable bonds is 6. The minimum atomic E-state index is -0.345. The highest BCUT2D eigenvalue weighted by molar-refractivity contribution is 6.00. The monoisotopic (exact) mass is 292 g/mol. The molecule has 0 spiro atoms. The Morgan fingerprint density at radius 3 is 2.38 bits per heavy atom. The minimum absolute atomic E-state index is 0.177. The van der Waals surface area contributed by atoms with Crippen molar-refractivity contribution in [2.45, 2.75) is 13.8 Å². The van der Waals surface area contributed by atoms with Crippen LogP contribution in [0.3, 0.4) is 0 Å². The number of likely N-dealkylation sites (N-methyl/N-ethyl adjacent to an activating group) is 1. The number of carbonyl (C=O) groups excluding carboxylic acids is 2. The largest absolute Gasteiger partial charge is 0.493 e. The molecular weight excluding hydrogens is 272 g/mol. The van der Waals surface area contributed by atoms with Crippen LogP contribution in [0.25, 0.3) is 6.08 Å². The molecule has 0 aliphatic heterocycles. The predicted molar refractivity (Wildman–Crippen MR) is 80.0 cm³/mol. The molecule has 21 heavy (non-hydrogen) atoms. The predicted octanol–water partition coefficient (Wildman–Crippen LogP) is 1.32. The molecule has 0 radical (unpaired) electrons. The van der Waals surface area contributed by atoms with Crippen LogP contribution < -0.4 is 20.1 Å². The summed E-state index contributed by atoms with van der Waals surface area (Å²) in [6.45, 7) is 3.63. The smallest absolute Gasteiger partial charge is 0.267 e. The highest BCUT2D eigenvalue weighted by atomic mass is 16.5. The lowest BCUT2D eigenvalue weighted by Gasteiger charge is -2.10. The van der Waals surface area contributed by atoms with E-state index in [-0.39, 0.29) is 17.5 Å². The van der Waals surface area contributed by atoms with Gasteiger partial charge in [0.25, 0.3) is 5.91 Å². The third-order valence-electron chi connectivity index (χ3n) is 2.61. The van der Waals surface area contributed by atoms with Gasteiger partial charge in [-0.1, -0.05) is 6.07 Å². The van der Waals surface area contributed by atoms with Crippen molar-refractivity contribution in [1.82, 2.24) is 10.6 Å². The molecular formula is C15H20N2O4. The molecule has 0 bridgehead atoms. The lowest BCUT2D eigenvalue weighted by molar-refractivity contribution is -0.122. The van der Waals surface area contributed by atoms with E-state index in [9.17, 15) is 9.59 Å². The molecule has 0 fully saturated rings. The fraction of sp³-hybridized carbons (Fsp3) is 0.333. The van der Waals surface area contributed by atoms with Crippen molar-refractivity contribution >= 4 is 17.9 Å². The van der Waals surface area contributed by atoms with Gasteiger partial charge in [0.05, 0.1) is 14.2 Å². The number of hydrogen-bond acceptors (Lipinski definition) is 4. The maximum Gasteiger partial charge on any atom is 0.267 e. The van der Waals surface area contributed by atoms with E-state index in [1.807, 2.05) is 0 Å². The Hall–Kier alpha value is -2.50. The van der Waals surface area contributed by atoms with Crippen molar-refractivity contribution in [3.8, 4) is 11.5 Å². The van der Waals surface area contributed by atoms with Gasteiger partial charge in [-0.3, -0.25) is 9.59 Å². The number of carbonyl (C=O) groups is 2. The Morgan fingerprint density at radius 2 is 1.86 bits per heavy atom. The van der Waals surface area contributed by atoms with E-state index in [2.05, 4.69) is 10.6 Å². The third-order valence-corrected chi connectivity index (χ3v) is 2.61. The van der Waals surface area contributed by atoms with Crippen molar-refractivity contribution < 1.29 is 19.1 Å². The molecule has 0 aliphatic carbocycles. The first-order valence-corrected chi connectivity index (χ1v) is 6.51. The fourth-order valence-electron chi connectivity index (χ4n) is 1.71. The number of hydrogen-bond donors (Lipinski definition) is 2. The maximum absolute atomic E-state index is 11.9. The molecule has 0 saturated carbocycles. The molecule has 0 aromatic heterocycles. The Morgan fingerprint density at radius 1 is 1.19 bits per heavy atom. The number of ether oxygens (including phenoxy) is 2. The second-order valence-electron chi connectivity index (χ2n) is 4.21. The van der Waals surface area contributed by atoms with Crippen LogP contribution in [0.2, 0.25) is 0 Å². The summed E-state index contributed by atoms with van der Waals surface area (Å²) in [5.41, 5.74) is 0.888. The molecule has 114 valence electrons. The van der Waals surface area contributed by atoms with E-state index in [0.717, 1.165) is 0 Å². The van der Waals surface area contributed by atoms with Gasteiger partial charge in [0.1, 0.15) is 5.70 Å². The highest BCUT2D eigenvalue weighted by Gasteiger charge is 2.11. The van der Waals surface area contributed by atoms with Gasteiger partial charge in [-0.15, -0.1) is 0 Å². The Kier molecular flexibility index (Phi) is 6.26. The van der Waals surface area contributed by atoms with Crippen LogP contribution in [-0.2, 0) is 9.59 Å². The van der Waals surface area contributed by atoms with Crippen LogP contribution in [0, 0.1) is 0 Å². The summed E-state index contributed by atoms with van der Waals surface area (Å²) in [7, 11) is 3.08. The van der Waals surface area contributed by atoms with Gasteiger partial charge >= 0.3 is 0 Å². The molecule has 0 heterocycles. The quantitative estimate of drug-likeness (QED) is 0.775. The van der Waals surface area contributed by atoms with Crippen molar-refractivity contribution in [2.24, 2.45) is 0 Å². The Bertz CT molecular complexity index is 553. The lowest BCUT2D eigenvalue weighted by Crippen LogP contribution is -2.33. The first-order chi connectivity index (χ1) is 10.0. The second kappa shape index (κ2) is 7.94. The van der Waals surface area contributed by atoms with Gasteiger partial charge in [-0.05, 0) is 30.7 Å². The topological polar surface area (TPSA) is 76.7 Å². The van der Waals surface area contributed by atoms with Crippen LogP contribution in [0.4, 0.5) is 0 Å². The molecule has 6 nitrogen and oxygen atoms in total. The Labute approximate surface area is 124 Å². The van der Waals surface area contributed by atoms with Crippen molar-refractivity contribution in [2.75, 3.05) is 20.8 Å². The first-order valence-electron chi connectivity index (χ1n) is 6.51. The Balaban J connectivity index is 3.14. The summed E-state index contributed by atoms with van der Waals surface area (Å²) in [5.74, 6) is 0.480. The highest BCUT2D eigenvalue weighted by Crippen LogP contribution is 2.28. The number of amides is 2. The van der Waals surface area contributed by atoms with Crippen molar-refractivity contribution in [3.05, 3.63) is 29.5 Å². The van der Waals surface area contributed by atoms with E-state index in [1.54, 1.807) is 38.3 Å². The van der Waals surface area contributed by atoms with Crippen LogP contribution in [0.5, 0.6) is 11.5 Å². The van der Waals surface area contributed by atoms with Gasteiger partial charge in [-0.25, -0.2) is 0 Å². The van der Waals surface area contributed by atoms with Gasteiger partial charge in [0.2, 0.25) is 5.91 Å².